The van der Waals surface area contributed by atoms with Gasteiger partial charge in [-0.2, -0.15) is 0 Å². The van der Waals surface area contributed by atoms with Crippen LogP contribution >= 0.6 is 11.8 Å². The molecule has 1 atom stereocenters. The molecular weight excluding hydrogens is 368 g/mol. The van der Waals surface area contributed by atoms with E-state index in [0.29, 0.717) is 16.9 Å². The lowest BCUT2D eigenvalue weighted by molar-refractivity contribution is -0.115. The van der Waals surface area contributed by atoms with Crippen LogP contribution in [0.15, 0.2) is 53.7 Å². The predicted octanol–water partition coefficient (Wildman–Crippen LogP) is 5.28. The first-order chi connectivity index (χ1) is 13.5. The van der Waals surface area contributed by atoms with E-state index in [9.17, 15) is 4.79 Å². The number of nitrogens with one attached hydrogen (secondary N) is 2. The number of rotatable bonds is 7. The number of aryl methyl sites for hydroxylation is 1. The van der Waals surface area contributed by atoms with E-state index < -0.39 is 0 Å². The Balaban J connectivity index is 1.65. The number of aromatic nitrogens is 3. The van der Waals surface area contributed by atoms with Crippen molar-refractivity contribution in [2.45, 2.75) is 50.4 Å². The molecule has 0 aliphatic rings. The molecule has 5 nitrogen and oxygen atoms in total. The van der Waals surface area contributed by atoms with Gasteiger partial charge in [0.2, 0.25) is 11.1 Å². The topological polar surface area (TPSA) is 70.7 Å². The molecule has 1 aromatic heterocycles. The number of carbonyl (C=O) groups excluding carboxylic acids is 1. The van der Waals surface area contributed by atoms with Crippen molar-refractivity contribution in [3.63, 3.8) is 0 Å². The molecule has 28 heavy (non-hydrogen) atoms. The average molecular weight is 395 g/mol. The Morgan fingerprint density at radius 3 is 2.50 bits per heavy atom. The standard InChI is InChI=1S/C22H26N4OS/c1-5-16-10-12-17(13-11-16)20-24-22(26-25-20)28-15(4)21(27)23-19-9-7-6-8-18(19)14(2)3/h6-15H,5H2,1-4H3,(H,23,27)(H,24,25,26). The maximum absolute atomic E-state index is 12.6. The molecule has 0 aliphatic carbocycles. The third kappa shape index (κ3) is 4.81. The maximum atomic E-state index is 12.6. The van der Waals surface area contributed by atoms with Crippen LogP contribution in [0.1, 0.15) is 44.7 Å². The van der Waals surface area contributed by atoms with Crippen LogP contribution in [0.2, 0.25) is 0 Å². The fourth-order valence-corrected chi connectivity index (χ4v) is 3.61. The predicted molar refractivity (Wildman–Crippen MR) is 116 cm³/mol. The minimum Gasteiger partial charge on any atom is -0.325 e. The van der Waals surface area contributed by atoms with E-state index in [2.05, 4.69) is 53.4 Å². The van der Waals surface area contributed by atoms with Gasteiger partial charge >= 0.3 is 0 Å². The van der Waals surface area contributed by atoms with Gasteiger partial charge in [0.1, 0.15) is 0 Å². The van der Waals surface area contributed by atoms with Crippen LogP contribution in [-0.2, 0) is 11.2 Å². The van der Waals surface area contributed by atoms with E-state index in [0.717, 1.165) is 23.2 Å². The number of anilines is 1. The van der Waals surface area contributed by atoms with E-state index in [1.165, 1.54) is 17.3 Å². The van der Waals surface area contributed by atoms with E-state index in [4.69, 9.17) is 0 Å². The number of H-pyrrole nitrogens is 1. The molecule has 1 amide bonds. The quantitative estimate of drug-likeness (QED) is 0.535. The highest BCUT2D eigenvalue weighted by Crippen LogP contribution is 2.27. The van der Waals surface area contributed by atoms with Gasteiger partial charge in [0.05, 0.1) is 5.25 Å². The lowest BCUT2D eigenvalue weighted by atomic mass is 10.0. The van der Waals surface area contributed by atoms with E-state index in [-0.39, 0.29) is 11.2 Å². The Morgan fingerprint density at radius 1 is 1.11 bits per heavy atom. The van der Waals surface area contributed by atoms with E-state index >= 15 is 0 Å². The van der Waals surface area contributed by atoms with E-state index in [1.807, 2.05) is 43.3 Å². The van der Waals surface area contributed by atoms with Crippen molar-refractivity contribution in [3.8, 4) is 11.4 Å². The highest BCUT2D eigenvalue weighted by molar-refractivity contribution is 8.00. The van der Waals surface area contributed by atoms with E-state index in [1.54, 1.807) is 0 Å². The Kier molecular flexibility index (Phi) is 6.52. The Hall–Kier alpha value is -2.60. The Bertz CT molecular complexity index is 934. The second kappa shape index (κ2) is 9.06. The minimum absolute atomic E-state index is 0.0586. The van der Waals surface area contributed by atoms with Crippen molar-refractivity contribution in [2.24, 2.45) is 0 Å². The summed E-state index contributed by atoms with van der Waals surface area (Å²) in [7, 11) is 0. The number of para-hydroxylation sites is 1. The van der Waals surface area contributed by atoms with Crippen molar-refractivity contribution in [3.05, 3.63) is 59.7 Å². The summed E-state index contributed by atoms with van der Waals surface area (Å²) in [6.07, 6.45) is 1.00. The molecule has 6 heteroatoms. The van der Waals surface area contributed by atoms with Crippen LogP contribution < -0.4 is 5.32 Å². The summed E-state index contributed by atoms with van der Waals surface area (Å²) < 4.78 is 0. The zero-order valence-electron chi connectivity index (χ0n) is 16.7. The van der Waals surface area contributed by atoms with Gasteiger partial charge in [0, 0.05) is 11.3 Å². The summed E-state index contributed by atoms with van der Waals surface area (Å²) >= 11 is 1.34. The molecule has 0 saturated heterocycles. The number of hydrogen-bond donors (Lipinski definition) is 2. The van der Waals surface area contributed by atoms with Gasteiger partial charge in [-0.1, -0.05) is 75.0 Å². The van der Waals surface area contributed by atoms with Gasteiger partial charge in [-0.05, 0) is 36.5 Å². The molecule has 146 valence electrons. The van der Waals surface area contributed by atoms with Gasteiger partial charge in [0.25, 0.3) is 0 Å². The van der Waals surface area contributed by atoms with Gasteiger partial charge in [-0.25, -0.2) is 4.98 Å². The molecule has 0 radical (unpaired) electrons. The first-order valence-corrected chi connectivity index (χ1v) is 10.4. The number of thioether (sulfide) groups is 1. The van der Waals surface area contributed by atoms with Gasteiger partial charge in [0.15, 0.2) is 5.82 Å². The molecular formula is C22H26N4OS. The normalized spacial score (nSPS) is 12.2. The van der Waals surface area contributed by atoms with Crippen molar-refractivity contribution in [1.82, 2.24) is 15.2 Å². The van der Waals surface area contributed by atoms with Crippen LogP contribution in [0.4, 0.5) is 5.69 Å². The number of aromatic amines is 1. The molecule has 1 unspecified atom stereocenters. The van der Waals surface area contributed by atoms with Crippen LogP contribution in [0, 0.1) is 0 Å². The van der Waals surface area contributed by atoms with Crippen LogP contribution in [0.25, 0.3) is 11.4 Å². The van der Waals surface area contributed by atoms with Crippen LogP contribution in [0.3, 0.4) is 0 Å². The van der Waals surface area contributed by atoms with Gasteiger partial charge < -0.3 is 5.32 Å². The second-order valence-electron chi connectivity index (χ2n) is 7.01. The lowest BCUT2D eigenvalue weighted by Gasteiger charge is -2.15. The monoisotopic (exact) mass is 394 g/mol. The number of nitrogens with zero attached hydrogens (tertiary/aromatic N) is 2. The fraction of sp³-hybridized carbons (Fsp3) is 0.318. The first kappa shape index (κ1) is 20.1. The third-order valence-corrected chi connectivity index (χ3v) is 5.55. The zero-order chi connectivity index (χ0) is 20.1. The van der Waals surface area contributed by atoms with Gasteiger partial charge in [-0.15, -0.1) is 5.10 Å². The molecule has 3 rings (SSSR count). The van der Waals surface area contributed by atoms with Crippen LogP contribution in [0.5, 0.6) is 0 Å². The molecule has 0 aliphatic heterocycles. The molecule has 2 N–H and O–H groups in total. The Labute approximate surface area is 170 Å². The number of carbonyl (C=O) groups is 1. The molecule has 2 aromatic carbocycles. The average Bonchev–Trinajstić information content (AvgIpc) is 3.16. The summed E-state index contributed by atoms with van der Waals surface area (Å²) in [5.74, 6) is 0.994. The van der Waals surface area contributed by atoms with Crippen molar-refractivity contribution < 1.29 is 4.79 Å². The number of benzene rings is 2. The van der Waals surface area contributed by atoms with Crippen molar-refractivity contribution in [1.29, 1.82) is 0 Å². The molecule has 0 saturated carbocycles. The summed E-state index contributed by atoms with van der Waals surface area (Å²) in [4.78, 5) is 17.2. The smallest absolute Gasteiger partial charge is 0.237 e. The van der Waals surface area contributed by atoms with Crippen molar-refractivity contribution >= 4 is 23.4 Å². The number of amides is 1. The molecule has 3 aromatic rings. The SMILES string of the molecule is CCc1ccc(-c2nc(SC(C)C(=O)Nc3ccccc3C(C)C)n[nH]2)cc1. The third-order valence-electron chi connectivity index (χ3n) is 4.59. The van der Waals surface area contributed by atoms with Gasteiger partial charge in [-0.3, -0.25) is 9.89 Å². The zero-order valence-corrected chi connectivity index (χ0v) is 17.5. The largest absolute Gasteiger partial charge is 0.325 e. The molecule has 1 heterocycles. The summed E-state index contributed by atoms with van der Waals surface area (Å²) in [5, 5.41) is 10.5. The highest BCUT2D eigenvalue weighted by Gasteiger charge is 2.19. The summed E-state index contributed by atoms with van der Waals surface area (Å²) in [6, 6.07) is 16.2. The first-order valence-electron chi connectivity index (χ1n) is 9.56. The molecule has 0 spiro atoms. The summed E-state index contributed by atoms with van der Waals surface area (Å²) in [5.41, 5.74) is 4.26. The Morgan fingerprint density at radius 2 is 1.82 bits per heavy atom. The summed E-state index contributed by atoms with van der Waals surface area (Å²) in [6.45, 7) is 8.23. The lowest BCUT2D eigenvalue weighted by Crippen LogP contribution is -2.23. The highest BCUT2D eigenvalue weighted by atomic mass is 32.2. The minimum atomic E-state index is -0.314. The maximum Gasteiger partial charge on any atom is 0.237 e. The number of hydrogen-bond acceptors (Lipinski definition) is 4. The van der Waals surface area contributed by atoms with Crippen LogP contribution in [-0.4, -0.2) is 26.3 Å². The van der Waals surface area contributed by atoms with Crippen molar-refractivity contribution in [2.75, 3.05) is 5.32 Å². The molecule has 0 fully saturated rings. The molecule has 0 bridgehead atoms. The fourth-order valence-electron chi connectivity index (χ4n) is 2.89. The second-order valence-corrected chi connectivity index (χ2v) is 8.32.